The van der Waals surface area contributed by atoms with Gasteiger partial charge in [0.25, 0.3) is 0 Å². The lowest BCUT2D eigenvalue weighted by atomic mass is 9.91. The number of hydrogen-bond donors (Lipinski definition) is 1. The smallest absolute Gasteiger partial charge is 0.137 e. The molecule has 3 heteroatoms. The van der Waals surface area contributed by atoms with Crippen LogP contribution < -0.4 is 0 Å². The first-order valence-corrected chi connectivity index (χ1v) is 7.13. The molecule has 17 heavy (non-hydrogen) atoms. The van der Waals surface area contributed by atoms with Crippen molar-refractivity contribution >= 4 is 11.8 Å². The van der Waals surface area contributed by atoms with Crippen LogP contribution in [0.4, 0.5) is 4.39 Å². The minimum Gasteiger partial charge on any atom is -0.392 e. The van der Waals surface area contributed by atoms with Crippen LogP contribution in [0.15, 0.2) is 23.1 Å². The van der Waals surface area contributed by atoms with Crippen molar-refractivity contribution in [2.75, 3.05) is 0 Å². The van der Waals surface area contributed by atoms with Gasteiger partial charge in [-0.3, -0.25) is 0 Å². The molecule has 0 amide bonds. The van der Waals surface area contributed by atoms with E-state index in [0.717, 1.165) is 18.8 Å². The maximum absolute atomic E-state index is 13.8. The largest absolute Gasteiger partial charge is 0.392 e. The zero-order valence-electron chi connectivity index (χ0n) is 10.2. The Bertz CT molecular complexity index is 380. The van der Waals surface area contributed by atoms with E-state index in [1.165, 1.54) is 18.9 Å². The molecule has 1 fully saturated rings. The third kappa shape index (κ3) is 3.23. The van der Waals surface area contributed by atoms with E-state index in [9.17, 15) is 9.50 Å². The average Bonchev–Trinajstić information content (AvgIpc) is 2.32. The first-order valence-electron chi connectivity index (χ1n) is 6.25. The quantitative estimate of drug-likeness (QED) is 0.880. The van der Waals surface area contributed by atoms with E-state index in [1.807, 2.05) is 0 Å². The van der Waals surface area contributed by atoms with E-state index in [4.69, 9.17) is 0 Å². The molecule has 0 spiro atoms. The summed E-state index contributed by atoms with van der Waals surface area (Å²) in [5.41, 5.74) is 0.716. The Hall–Kier alpha value is -0.540. The van der Waals surface area contributed by atoms with E-state index in [0.29, 0.717) is 15.7 Å². The summed E-state index contributed by atoms with van der Waals surface area (Å²) in [6, 6.07) is 4.94. The van der Waals surface area contributed by atoms with Crippen molar-refractivity contribution in [2.24, 2.45) is 5.92 Å². The molecule has 1 nitrogen and oxygen atoms in total. The summed E-state index contributed by atoms with van der Waals surface area (Å²) in [4.78, 5) is 0.647. The van der Waals surface area contributed by atoms with Crippen LogP contribution in [0.2, 0.25) is 0 Å². The third-order valence-corrected chi connectivity index (χ3v) is 4.85. The zero-order valence-corrected chi connectivity index (χ0v) is 11.0. The molecule has 94 valence electrons. The molecule has 1 aliphatic carbocycles. The van der Waals surface area contributed by atoms with E-state index in [-0.39, 0.29) is 12.4 Å². The Morgan fingerprint density at radius 2 is 2.24 bits per heavy atom. The third-order valence-electron chi connectivity index (χ3n) is 3.39. The maximum Gasteiger partial charge on any atom is 0.137 e. The molecule has 1 aromatic carbocycles. The highest BCUT2D eigenvalue weighted by Crippen LogP contribution is 2.38. The summed E-state index contributed by atoms with van der Waals surface area (Å²) >= 11 is 1.61. The van der Waals surface area contributed by atoms with Gasteiger partial charge in [0.1, 0.15) is 5.82 Å². The molecule has 1 saturated carbocycles. The van der Waals surface area contributed by atoms with Crippen molar-refractivity contribution in [1.29, 1.82) is 0 Å². The summed E-state index contributed by atoms with van der Waals surface area (Å²) in [6.45, 7) is 2.18. The van der Waals surface area contributed by atoms with Crippen LogP contribution in [0, 0.1) is 11.7 Å². The standard InChI is InChI=1S/C14H19FOS/c1-10-4-2-6-12(8-10)17-14-11(9-16)5-3-7-13(14)15/h3,5,7,10,12,16H,2,4,6,8-9H2,1H3. The number of halogens is 1. The fraction of sp³-hybridized carbons (Fsp3) is 0.571. The van der Waals surface area contributed by atoms with E-state index < -0.39 is 0 Å². The van der Waals surface area contributed by atoms with Crippen LogP contribution >= 0.6 is 11.8 Å². The number of hydrogen-bond acceptors (Lipinski definition) is 2. The van der Waals surface area contributed by atoms with Gasteiger partial charge < -0.3 is 5.11 Å². The molecular weight excluding hydrogens is 235 g/mol. The van der Waals surface area contributed by atoms with Gasteiger partial charge in [0.2, 0.25) is 0 Å². The van der Waals surface area contributed by atoms with E-state index in [2.05, 4.69) is 6.92 Å². The Balaban J connectivity index is 2.12. The second kappa shape index (κ2) is 5.87. The molecule has 0 saturated heterocycles. The predicted octanol–water partition coefficient (Wildman–Crippen LogP) is 3.99. The van der Waals surface area contributed by atoms with Gasteiger partial charge >= 0.3 is 0 Å². The molecule has 2 rings (SSSR count). The van der Waals surface area contributed by atoms with Gasteiger partial charge in [0.05, 0.1) is 6.61 Å². The summed E-state index contributed by atoms with van der Waals surface area (Å²) in [5, 5.41) is 9.75. The van der Waals surface area contributed by atoms with Crippen LogP contribution in [0.3, 0.4) is 0 Å². The molecule has 0 radical (unpaired) electrons. The summed E-state index contributed by atoms with van der Waals surface area (Å²) in [5.74, 6) is 0.547. The lowest BCUT2D eigenvalue weighted by molar-refractivity contribution is 0.277. The maximum atomic E-state index is 13.8. The van der Waals surface area contributed by atoms with Gasteiger partial charge in [-0.1, -0.05) is 31.9 Å². The molecule has 1 N–H and O–H groups in total. The molecular formula is C14H19FOS. The minimum absolute atomic E-state index is 0.0810. The SMILES string of the molecule is CC1CCCC(Sc2c(F)cccc2CO)C1. The average molecular weight is 254 g/mol. The zero-order chi connectivity index (χ0) is 12.3. The Labute approximate surface area is 106 Å². The fourth-order valence-electron chi connectivity index (χ4n) is 2.46. The van der Waals surface area contributed by atoms with E-state index in [1.54, 1.807) is 23.9 Å². The molecule has 0 bridgehead atoms. The normalized spacial score (nSPS) is 24.9. The van der Waals surface area contributed by atoms with Crippen molar-refractivity contribution in [1.82, 2.24) is 0 Å². The van der Waals surface area contributed by atoms with Crippen molar-refractivity contribution in [3.63, 3.8) is 0 Å². The minimum atomic E-state index is -0.195. The monoisotopic (exact) mass is 254 g/mol. The molecule has 2 unspecified atom stereocenters. The van der Waals surface area contributed by atoms with Crippen LogP contribution in [0.1, 0.15) is 38.2 Å². The van der Waals surface area contributed by atoms with Crippen molar-refractivity contribution < 1.29 is 9.50 Å². The summed E-state index contributed by atoms with van der Waals surface area (Å²) < 4.78 is 13.8. The highest BCUT2D eigenvalue weighted by molar-refractivity contribution is 8.00. The molecule has 1 aromatic rings. The number of rotatable bonds is 3. The summed E-state index contributed by atoms with van der Waals surface area (Å²) in [7, 11) is 0. The van der Waals surface area contributed by atoms with Gasteiger partial charge in [-0.2, -0.15) is 0 Å². The van der Waals surface area contributed by atoms with Crippen LogP contribution in [-0.2, 0) is 6.61 Å². The molecule has 0 aromatic heterocycles. The Kier molecular flexibility index (Phi) is 4.46. The lowest BCUT2D eigenvalue weighted by Crippen LogP contribution is -2.15. The van der Waals surface area contributed by atoms with Crippen LogP contribution in [0.5, 0.6) is 0 Å². The van der Waals surface area contributed by atoms with Crippen LogP contribution in [-0.4, -0.2) is 10.4 Å². The molecule has 0 aliphatic heterocycles. The first kappa shape index (κ1) is 12.9. The van der Waals surface area contributed by atoms with E-state index >= 15 is 0 Å². The van der Waals surface area contributed by atoms with Gasteiger partial charge in [0.15, 0.2) is 0 Å². The van der Waals surface area contributed by atoms with Gasteiger partial charge in [-0.05, 0) is 30.4 Å². The van der Waals surface area contributed by atoms with Crippen molar-refractivity contribution in [2.45, 2.75) is 49.4 Å². The Morgan fingerprint density at radius 1 is 1.41 bits per heavy atom. The fourth-order valence-corrected chi connectivity index (χ4v) is 3.97. The van der Waals surface area contributed by atoms with Crippen molar-refractivity contribution in [3.8, 4) is 0 Å². The van der Waals surface area contributed by atoms with Crippen LogP contribution in [0.25, 0.3) is 0 Å². The van der Waals surface area contributed by atoms with Gasteiger partial charge in [-0.25, -0.2) is 4.39 Å². The second-order valence-electron chi connectivity index (χ2n) is 4.90. The van der Waals surface area contributed by atoms with Crippen molar-refractivity contribution in [3.05, 3.63) is 29.6 Å². The highest BCUT2D eigenvalue weighted by Gasteiger charge is 2.22. The first-order chi connectivity index (χ1) is 8.20. The number of benzene rings is 1. The van der Waals surface area contributed by atoms with Gasteiger partial charge in [-0.15, -0.1) is 11.8 Å². The lowest BCUT2D eigenvalue weighted by Gasteiger charge is -2.26. The molecule has 0 heterocycles. The number of aliphatic hydroxyl groups is 1. The molecule has 1 aliphatic rings. The number of thioether (sulfide) groups is 1. The second-order valence-corrected chi connectivity index (χ2v) is 6.21. The Morgan fingerprint density at radius 3 is 2.94 bits per heavy atom. The number of aliphatic hydroxyl groups excluding tert-OH is 1. The molecule has 2 atom stereocenters. The predicted molar refractivity (Wildman–Crippen MR) is 69.6 cm³/mol. The van der Waals surface area contributed by atoms with Gasteiger partial charge in [0, 0.05) is 10.1 Å². The highest BCUT2D eigenvalue weighted by atomic mass is 32.2. The topological polar surface area (TPSA) is 20.2 Å². The summed E-state index contributed by atoms with van der Waals surface area (Å²) in [6.07, 6.45) is 4.85.